The van der Waals surface area contributed by atoms with Crippen LogP contribution in [0.2, 0.25) is 0 Å². The second-order valence-corrected chi connectivity index (χ2v) is 7.24. The maximum Gasteiger partial charge on any atom is 0.191 e. The van der Waals surface area contributed by atoms with Crippen LogP contribution in [0.3, 0.4) is 0 Å². The summed E-state index contributed by atoms with van der Waals surface area (Å²) >= 11 is 0. The number of methoxy groups -OCH3 is 1. The lowest BCUT2D eigenvalue weighted by atomic mass is 10.0. The number of piperidine rings is 1. The fourth-order valence-corrected chi connectivity index (χ4v) is 3.42. The second-order valence-electron chi connectivity index (χ2n) is 7.24. The summed E-state index contributed by atoms with van der Waals surface area (Å²) in [6.07, 6.45) is 4.93. The van der Waals surface area contributed by atoms with Gasteiger partial charge in [-0.1, -0.05) is 31.5 Å². The van der Waals surface area contributed by atoms with Crippen LogP contribution in [0.5, 0.6) is 5.75 Å². The first-order valence-corrected chi connectivity index (χ1v) is 10.7. The van der Waals surface area contributed by atoms with Gasteiger partial charge in [-0.05, 0) is 38.8 Å². The molecule has 6 heteroatoms. The molecule has 1 saturated heterocycles. The number of likely N-dealkylation sites (tertiary alicyclic amines) is 1. The van der Waals surface area contributed by atoms with Crippen molar-refractivity contribution < 1.29 is 9.47 Å². The van der Waals surface area contributed by atoms with Gasteiger partial charge in [0.2, 0.25) is 0 Å². The Kier molecular flexibility index (Phi) is 10.8. The van der Waals surface area contributed by atoms with E-state index in [1.165, 1.54) is 45.3 Å². The predicted molar refractivity (Wildman–Crippen MR) is 116 cm³/mol. The van der Waals surface area contributed by atoms with Gasteiger partial charge in [0, 0.05) is 31.2 Å². The first kappa shape index (κ1) is 22.5. The van der Waals surface area contributed by atoms with E-state index >= 15 is 0 Å². The van der Waals surface area contributed by atoms with Gasteiger partial charge in [-0.15, -0.1) is 0 Å². The number of hydrogen-bond donors (Lipinski definition) is 2. The molecule has 2 N–H and O–H groups in total. The fraction of sp³-hybridized carbons (Fsp3) is 0.682. The van der Waals surface area contributed by atoms with E-state index in [0.717, 1.165) is 23.8 Å². The quantitative estimate of drug-likeness (QED) is 0.346. The van der Waals surface area contributed by atoms with E-state index < -0.39 is 0 Å². The van der Waals surface area contributed by atoms with E-state index in [-0.39, 0.29) is 0 Å². The van der Waals surface area contributed by atoms with Crippen molar-refractivity contribution >= 4 is 5.96 Å². The first-order valence-electron chi connectivity index (χ1n) is 10.7. The number of unbranched alkanes of at least 4 members (excludes halogenated alkanes) is 1. The minimum atomic E-state index is 0.505. The molecule has 28 heavy (non-hydrogen) atoms. The Balaban J connectivity index is 1.70. The van der Waals surface area contributed by atoms with Gasteiger partial charge in [0.1, 0.15) is 5.75 Å². The van der Waals surface area contributed by atoms with Gasteiger partial charge in [-0.2, -0.15) is 0 Å². The summed E-state index contributed by atoms with van der Waals surface area (Å²) in [5.74, 6) is 1.77. The van der Waals surface area contributed by atoms with Gasteiger partial charge in [-0.25, -0.2) is 0 Å². The molecule has 0 radical (unpaired) electrons. The number of rotatable bonds is 11. The van der Waals surface area contributed by atoms with Gasteiger partial charge in [0.15, 0.2) is 5.96 Å². The molecule has 1 aliphatic heterocycles. The van der Waals surface area contributed by atoms with Crippen LogP contribution in [-0.4, -0.2) is 63.3 Å². The molecule has 0 unspecified atom stereocenters. The van der Waals surface area contributed by atoms with E-state index in [1.807, 2.05) is 24.3 Å². The predicted octanol–water partition coefficient (Wildman–Crippen LogP) is 3.03. The lowest BCUT2D eigenvalue weighted by molar-refractivity contribution is 0.126. The Morgan fingerprint density at radius 1 is 1.21 bits per heavy atom. The monoisotopic (exact) mass is 390 g/mol. The smallest absolute Gasteiger partial charge is 0.191 e. The summed E-state index contributed by atoms with van der Waals surface area (Å²) in [5, 5.41) is 6.95. The SMILES string of the molecule is CCCCN1CCC(NC(=NCCOCc2ccccc2OC)NCC)CC1. The van der Waals surface area contributed by atoms with E-state index in [4.69, 9.17) is 9.47 Å². The zero-order valence-corrected chi connectivity index (χ0v) is 17.9. The van der Waals surface area contributed by atoms with Crippen LogP contribution in [-0.2, 0) is 11.3 Å². The molecule has 1 aromatic rings. The molecule has 1 aromatic carbocycles. The molecule has 0 atom stereocenters. The molecule has 0 spiro atoms. The van der Waals surface area contributed by atoms with Crippen LogP contribution in [0.4, 0.5) is 0 Å². The molecule has 1 fully saturated rings. The van der Waals surface area contributed by atoms with Crippen molar-refractivity contribution in [2.45, 2.75) is 52.2 Å². The van der Waals surface area contributed by atoms with E-state index in [2.05, 4.69) is 34.4 Å². The summed E-state index contributed by atoms with van der Waals surface area (Å²) in [4.78, 5) is 7.26. The molecule has 2 rings (SSSR count). The van der Waals surface area contributed by atoms with Crippen molar-refractivity contribution in [1.82, 2.24) is 15.5 Å². The minimum absolute atomic E-state index is 0.505. The van der Waals surface area contributed by atoms with Crippen LogP contribution >= 0.6 is 0 Å². The van der Waals surface area contributed by atoms with Crippen LogP contribution < -0.4 is 15.4 Å². The summed E-state index contributed by atoms with van der Waals surface area (Å²) in [5.41, 5.74) is 1.06. The van der Waals surface area contributed by atoms with Gasteiger partial charge in [0.05, 0.1) is 26.9 Å². The molecule has 1 aliphatic rings. The standard InChI is InChI=1S/C22H38N4O2/c1-4-6-14-26-15-11-20(12-16-26)25-22(23-5-2)24-13-17-28-18-19-9-7-8-10-21(19)27-3/h7-10,20H,4-6,11-18H2,1-3H3,(H2,23,24,25). The molecule has 0 aromatic heterocycles. The number of nitrogens with one attached hydrogen (secondary N) is 2. The normalized spacial score (nSPS) is 16.2. The molecule has 6 nitrogen and oxygen atoms in total. The lowest BCUT2D eigenvalue weighted by Crippen LogP contribution is -2.48. The summed E-state index contributed by atoms with van der Waals surface area (Å²) in [7, 11) is 1.69. The largest absolute Gasteiger partial charge is 0.496 e. The Morgan fingerprint density at radius 3 is 2.71 bits per heavy atom. The highest BCUT2D eigenvalue weighted by Gasteiger charge is 2.19. The molecular formula is C22H38N4O2. The highest BCUT2D eigenvalue weighted by Crippen LogP contribution is 2.17. The van der Waals surface area contributed by atoms with E-state index in [9.17, 15) is 0 Å². The van der Waals surface area contributed by atoms with Crippen LogP contribution in [0.15, 0.2) is 29.3 Å². The average molecular weight is 391 g/mol. The number of nitrogens with zero attached hydrogens (tertiary/aromatic N) is 2. The van der Waals surface area contributed by atoms with Crippen molar-refractivity contribution in [2.75, 3.05) is 46.4 Å². The Bertz CT molecular complexity index is 571. The van der Waals surface area contributed by atoms with Crippen molar-refractivity contribution in [3.8, 4) is 5.75 Å². The Hall–Kier alpha value is -1.79. The molecule has 0 bridgehead atoms. The Morgan fingerprint density at radius 2 is 2.00 bits per heavy atom. The highest BCUT2D eigenvalue weighted by molar-refractivity contribution is 5.80. The van der Waals surface area contributed by atoms with Gasteiger partial charge >= 0.3 is 0 Å². The van der Waals surface area contributed by atoms with Gasteiger partial charge in [-0.3, -0.25) is 4.99 Å². The van der Waals surface area contributed by atoms with E-state index in [1.54, 1.807) is 7.11 Å². The van der Waals surface area contributed by atoms with Crippen LogP contribution in [0, 0.1) is 0 Å². The van der Waals surface area contributed by atoms with Crippen molar-refractivity contribution in [3.05, 3.63) is 29.8 Å². The number of ether oxygens (including phenoxy) is 2. The zero-order chi connectivity index (χ0) is 20.0. The highest BCUT2D eigenvalue weighted by atomic mass is 16.5. The van der Waals surface area contributed by atoms with Crippen LogP contribution in [0.25, 0.3) is 0 Å². The Labute approximate surface area is 170 Å². The van der Waals surface area contributed by atoms with Crippen LogP contribution in [0.1, 0.15) is 45.1 Å². The minimum Gasteiger partial charge on any atom is -0.496 e. The summed E-state index contributed by atoms with van der Waals surface area (Å²) < 4.78 is 11.1. The second kappa shape index (κ2) is 13.4. The maximum atomic E-state index is 5.78. The molecule has 158 valence electrons. The third-order valence-corrected chi connectivity index (χ3v) is 5.06. The number of benzene rings is 1. The van der Waals surface area contributed by atoms with Crippen molar-refractivity contribution in [1.29, 1.82) is 0 Å². The van der Waals surface area contributed by atoms with Gasteiger partial charge in [0.25, 0.3) is 0 Å². The lowest BCUT2D eigenvalue weighted by Gasteiger charge is -2.33. The van der Waals surface area contributed by atoms with Crippen molar-refractivity contribution in [3.63, 3.8) is 0 Å². The molecule has 0 aliphatic carbocycles. The first-order chi connectivity index (χ1) is 13.8. The van der Waals surface area contributed by atoms with Gasteiger partial charge < -0.3 is 25.0 Å². The van der Waals surface area contributed by atoms with E-state index in [0.29, 0.717) is 25.8 Å². The number of hydrogen-bond acceptors (Lipinski definition) is 4. The summed E-state index contributed by atoms with van der Waals surface area (Å²) in [6, 6.07) is 8.46. The third-order valence-electron chi connectivity index (χ3n) is 5.06. The topological polar surface area (TPSA) is 58.1 Å². The summed E-state index contributed by atoms with van der Waals surface area (Å²) in [6.45, 7) is 10.6. The van der Waals surface area contributed by atoms with Crippen molar-refractivity contribution in [2.24, 2.45) is 4.99 Å². The average Bonchev–Trinajstić information content (AvgIpc) is 2.73. The number of para-hydroxylation sites is 1. The molecular weight excluding hydrogens is 352 g/mol. The maximum absolute atomic E-state index is 5.78. The fourth-order valence-electron chi connectivity index (χ4n) is 3.42. The molecule has 0 amide bonds. The number of aliphatic imine (C=N–C) groups is 1. The molecule has 0 saturated carbocycles. The number of guanidine groups is 1. The third kappa shape index (κ3) is 8.07. The molecule has 1 heterocycles. The zero-order valence-electron chi connectivity index (χ0n) is 17.9.